The van der Waals surface area contributed by atoms with Crippen molar-refractivity contribution in [2.75, 3.05) is 0 Å². The highest BCUT2D eigenvalue weighted by Crippen LogP contribution is 2.34. The maximum Gasteiger partial charge on any atom is 0.191 e. The Kier molecular flexibility index (Phi) is 4.23. The molecule has 0 spiro atoms. The number of carbonyl (C=O) groups is 1. The van der Waals surface area contributed by atoms with Crippen molar-refractivity contribution < 1.29 is 23.8 Å². The van der Waals surface area contributed by atoms with Gasteiger partial charge in [0.1, 0.15) is 11.6 Å². The summed E-state index contributed by atoms with van der Waals surface area (Å²) in [6.07, 6.45) is 2.17. The van der Waals surface area contributed by atoms with E-state index in [9.17, 15) is 23.8 Å². The predicted molar refractivity (Wildman–Crippen MR) is 74.5 cm³/mol. The third kappa shape index (κ3) is 3.20. The monoisotopic (exact) mass is 310 g/mol. The number of phenols is 2. The zero-order valence-electron chi connectivity index (χ0n) is 10.5. The molecule has 0 aliphatic rings. The molecule has 3 nitrogen and oxygen atoms in total. The number of hydrogen-bond donors (Lipinski definition) is 2. The largest absolute Gasteiger partial charge is 0.504 e. The second kappa shape index (κ2) is 5.93. The lowest BCUT2D eigenvalue weighted by atomic mass is 10.1. The number of halogens is 3. The maximum atomic E-state index is 13.4. The summed E-state index contributed by atoms with van der Waals surface area (Å²) in [4.78, 5) is 11.8. The van der Waals surface area contributed by atoms with Crippen molar-refractivity contribution in [1.29, 1.82) is 0 Å². The molecule has 0 aliphatic carbocycles. The van der Waals surface area contributed by atoms with Crippen molar-refractivity contribution in [3.8, 4) is 11.5 Å². The van der Waals surface area contributed by atoms with Crippen LogP contribution < -0.4 is 0 Å². The molecular formula is C15H9ClF2O3. The van der Waals surface area contributed by atoms with Crippen LogP contribution in [0.1, 0.15) is 15.9 Å². The third-order valence-corrected chi connectivity index (χ3v) is 2.99. The van der Waals surface area contributed by atoms with Gasteiger partial charge in [-0.3, -0.25) is 4.79 Å². The van der Waals surface area contributed by atoms with Crippen LogP contribution in [0.3, 0.4) is 0 Å². The first-order valence-corrected chi connectivity index (χ1v) is 6.16. The van der Waals surface area contributed by atoms with Crippen LogP contribution in [0, 0.1) is 11.6 Å². The lowest BCUT2D eigenvalue weighted by Gasteiger charge is -2.02. The van der Waals surface area contributed by atoms with Gasteiger partial charge < -0.3 is 10.2 Å². The normalized spacial score (nSPS) is 11.0. The van der Waals surface area contributed by atoms with Crippen LogP contribution in [-0.2, 0) is 0 Å². The maximum absolute atomic E-state index is 13.4. The molecule has 2 rings (SSSR count). The summed E-state index contributed by atoms with van der Waals surface area (Å²) in [6, 6.07) is 5.56. The minimum atomic E-state index is -0.962. The van der Waals surface area contributed by atoms with E-state index in [1.807, 2.05) is 0 Å². The third-order valence-electron chi connectivity index (χ3n) is 2.70. The standard InChI is InChI=1S/C15H9ClF2O3/c16-9-6-8(7-13(20)15(9)21)4-5-12(19)14-10(17)2-1-3-11(14)18/h1-7,20-21H/b5-4+. The van der Waals surface area contributed by atoms with Gasteiger partial charge in [-0.15, -0.1) is 0 Å². The molecule has 21 heavy (non-hydrogen) atoms. The molecule has 0 fully saturated rings. The summed E-state index contributed by atoms with van der Waals surface area (Å²) < 4.78 is 26.8. The van der Waals surface area contributed by atoms with Crippen LogP contribution in [0.2, 0.25) is 5.02 Å². The Hall–Kier alpha value is -2.40. The van der Waals surface area contributed by atoms with Crippen LogP contribution in [-0.4, -0.2) is 16.0 Å². The Labute approximate surface area is 123 Å². The first kappa shape index (κ1) is 15.0. The smallest absolute Gasteiger partial charge is 0.191 e. The van der Waals surface area contributed by atoms with E-state index in [-0.39, 0.29) is 5.02 Å². The highest BCUT2D eigenvalue weighted by Gasteiger charge is 2.14. The Morgan fingerprint density at radius 3 is 2.33 bits per heavy atom. The molecule has 2 aromatic carbocycles. The summed E-state index contributed by atoms with van der Waals surface area (Å²) in [6.45, 7) is 0. The molecule has 0 saturated heterocycles. The van der Waals surface area contributed by atoms with Crippen molar-refractivity contribution >= 4 is 23.5 Å². The fourth-order valence-electron chi connectivity index (χ4n) is 1.69. The van der Waals surface area contributed by atoms with Gasteiger partial charge in [0.25, 0.3) is 0 Å². The molecule has 0 bridgehead atoms. The second-order valence-electron chi connectivity index (χ2n) is 4.16. The molecule has 0 aromatic heterocycles. The first-order valence-electron chi connectivity index (χ1n) is 5.78. The van der Waals surface area contributed by atoms with Crippen LogP contribution in [0.15, 0.2) is 36.4 Å². The van der Waals surface area contributed by atoms with Crippen molar-refractivity contribution in [2.24, 2.45) is 0 Å². The Morgan fingerprint density at radius 2 is 1.76 bits per heavy atom. The predicted octanol–water partition coefficient (Wildman–Crippen LogP) is 3.93. The molecule has 0 atom stereocenters. The molecule has 0 heterocycles. The number of hydrogen-bond acceptors (Lipinski definition) is 3. The van der Waals surface area contributed by atoms with E-state index in [0.717, 1.165) is 30.3 Å². The van der Waals surface area contributed by atoms with Gasteiger partial charge in [-0.2, -0.15) is 0 Å². The highest BCUT2D eigenvalue weighted by molar-refractivity contribution is 6.32. The topological polar surface area (TPSA) is 57.5 Å². The summed E-state index contributed by atoms with van der Waals surface area (Å²) in [5.74, 6) is -3.74. The van der Waals surface area contributed by atoms with Crippen LogP contribution in [0.4, 0.5) is 8.78 Å². The summed E-state index contributed by atoms with van der Waals surface area (Å²) in [5.41, 5.74) is -0.372. The molecule has 2 N–H and O–H groups in total. The van der Waals surface area contributed by atoms with Crippen molar-refractivity contribution in [1.82, 2.24) is 0 Å². The average Bonchev–Trinajstić information content (AvgIpc) is 2.42. The van der Waals surface area contributed by atoms with E-state index in [0.29, 0.717) is 5.56 Å². The molecular weight excluding hydrogens is 302 g/mol. The molecule has 0 unspecified atom stereocenters. The lowest BCUT2D eigenvalue weighted by molar-refractivity contribution is 0.104. The minimum Gasteiger partial charge on any atom is -0.504 e. The van der Waals surface area contributed by atoms with E-state index >= 15 is 0 Å². The Bertz CT molecular complexity index is 698. The van der Waals surface area contributed by atoms with E-state index < -0.39 is 34.5 Å². The number of ketones is 1. The van der Waals surface area contributed by atoms with Crippen molar-refractivity contribution in [2.45, 2.75) is 0 Å². The number of aromatic hydroxyl groups is 2. The molecule has 108 valence electrons. The number of rotatable bonds is 3. The van der Waals surface area contributed by atoms with E-state index in [2.05, 4.69) is 0 Å². The van der Waals surface area contributed by atoms with Gasteiger partial charge in [-0.25, -0.2) is 8.78 Å². The zero-order chi connectivity index (χ0) is 15.6. The van der Waals surface area contributed by atoms with Crippen molar-refractivity contribution in [3.05, 3.63) is 64.2 Å². The summed E-state index contributed by atoms with van der Waals surface area (Å²) in [5, 5.41) is 18.6. The fraction of sp³-hybridized carbons (Fsp3) is 0. The van der Waals surface area contributed by atoms with Gasteiger partial charge in [-0.1, -0.05) is 23.7 Å². The van der Waals surface area contributed by atoms with E-state index in [1.165, 1.54) is 12.1 Å². The molecule has 2 aromatic rings. The number of allylic oxidation sites excluding steroid dienone is 1. The molecule has 0 amide bonds. The molecule has 0 saturated carbocycles. The minimum absolute atomic E-state index is 0.112. The molecule has 0 radical (unpaired) electrons. The van der Waals surface area contributed by atoms with Crippen LogP contribution in [0.25, 0.3) is 6.08 Å². The zero-order valence-corrected chi connectivity index (χ0v) is 11.2. The molecule has 0 aliphatic heterocycles. The quantitative estimate of drug-likeness (QED) is 0.513. The SMILES string of the molecule is O=C(/C=C/c1cc(O)c(O)c(Cl)c1)c1c(F)cccc1F. The Morgan fingerprint density at radius 1 is 1.14 bits per heavy atom. The first-order chi connectivity index (χ1) is 9.90. The summed E-state index contributed by atoms with van der Waals surface area (Å²) >= 11 is 5.65. The van der Waals surface area contributed by atoms with Gasteiger partial charge in [0.05, 0.1) is 10.6 Å². The van der Waals surface area contributed by atoms with E-state index in [1.54, 1.807) is 0 Å². The van der Waals surface area contributed by atoms with Gasteiger partial charge in [0, 0.05) is 0 Å². The fourth-order valence-corrected chi connectivity index (χ4v) is 1.91. The number of phenolic OH excluding ortho intramolecular Hbond substituents is 2. The second-order valence-corrected chi connectivity index (χ2v) is 4.57. The summed E-state index contributed by atoms with van der Waals surface area (Å²) in [7, 11) is 0. The van der Waals surface area contributed by atoms with Gasteiger partial charge in [-0.05, 0) is 35.9 Å². The van der Waals surface area contributed by atoms with Gasteiger partial charge >= 0.3 is 0 Å². The lowest BCUT2D eigenvalue weighted by Crippen LogP contribution is -2.02. The number of carbonyl (C=O) groups excluding carboxylic acids is 1. The molecule has 6 heteroatoms. The van der Waals surface area contributed by atoms with E-state index in [4.69, 9.17) is 11.6 Å². The Balaban J connectivity index is 2.32. The number of benzene rings is 2. The van der Waals surface area contributed by atoms with Crippen LogP contribution >= 0.6 is 11.6 Å². The highest BCUT2D eigenvalue weighted by atomic mass is 35.5. The van der Waals surface area contributed by atoms with Crippen molar-refractivity contribution in [3.63, 3.8) is 0 Å². The average molecular weight is 311 g/mol. The van der Waals surface area contributed by atoms with Gasteiger partial charge in [0.15, 0.2) is 17.3 Å². The van der Waals surface area contributed by atoms with Crippen LogP contribution in [0.5, 0.6) is 11.5 Å². The van der Waals surface area contributed by atoms with Gasteiger partial charge in [0.2, 0.25) is 0 Å².